The molecule has 0 bridgehead atoms. The van der Waals surface area contributed by atoms with Gasteiger partial charge in [-0.25, -0.2) is 13.2 Å². The van der Waals surface area contributed by atoms with Crippen molar-refractivity contribution in [2.45, 2.75) is 52.1 Å². The lowest BCUT2D eigenvalue weighted by Gasteiger charge is -2.28. The number of unbranched alkanes of at least 4 members (excludes halogenated alkanes) is 1. The fraction of sp³-hybridized carbons (Fsp3) is 0.591. The monoisotopic (exact) mass is 486 g/mol. The maximum Gasteiger partial charge on any atom is 0.329 e. The van der Waals surface area contributed by atoms with E-state index in [2.05, 4.69) is 5.32 Å². The third kappa shape index (κ3) is 7.20. The Labute approximate surface area is 194 Å². The molecular formula is C22H31ClN2O6S. The minimum atomic E-state index is -3.16. The normalized spacial score (nSPS) is 18.2. The van der Waals surface area contributed by atoms with Crippen LogP contribution < -0.4 is 5.32 Å². The van der Waals surface area contributed by atoms with Gasteiger partial charge in [-0.1, -0.05) is 50.9 Å². The van der Waals surface area contributed by atoms with Crippen LogP contribution in [0.2, 0.25) is 5.02 Å². The smallest absolute Gasteiger partial charge is 0.329 e. The molecule has 1 aliphatic heterocycles. The predicted molar refractivity (Wildman–Crippen MR) is 122 cm³/mol. The van der Waals surface area contributed by atoms with Gasteiger partial charge in [-0.2, -0.15) is 0 Å². The summed E-state index contributed by atoms with van der Waals surface area (Å²) in [4.78, 5) is 39.5. The molecule has 1 aromatic carbocycles. The number of hydrogen-bond acceptors (Lipinski definition) is 6. The zero-order chi connectivity index (χ0) is 23.9. The summed E-state index contributed by atoms with van der Waals surface area (Å²) in [7, 11) is -3.16. The maximum absolute atomic E-state index is 12.8. The van der Waals surface area contributed by atoms with Crippen LogP contribution in [0.5, 0.6) is 0 Å². The van der Waals surface area contributed by atoms with Crippen LogP contribution in [0.4, 0.5) is 0 Å². The standard InChI is InChI=1S/C22H31ClN2O6S/c1-4-5-11-25(16-10-12-32(29,30)14-16)19(26)13-31-22(28)20(15(2)3)24-21(27)17-8-6-7-9-18(17)23/h6-9,15-16,20H,4-5,10-14H2,1-3H3,(H,24,27). The van der Waals surface area contributed by atoms with Gasteiger partial charge in [0.25, 0.3) is 11.8 Å². The van der Waals surface area contributed by atoms with Gasteiger partial charge < -0.3 is 15.0 Å². The Bertz CT molecular complexity index is 934. The van der Waals surface area contributed by atoms with Gasteiger partial charge in [0.05, 0.1) is 22.1 Å². The lowest BCUT2D eigenvalue weighted by molar-refractivity contribution is -0.155. The average Bonchev–Trinajstić information content (AvgIpc) is 3.09. The highest BCUT2D eigenvalue weighted by Crippen LogP contribution is 2.19. The fourth-order valence-corrected chi connectivity index (χ4v) is 5.48. The lowest BCUT2D eigenvalue weighted by Crippen LogP contribution is -2.47. The third-order valence-electron chi connectivity index (χ3n) is 5.39. The molecule has 10 heteroatoms. The highest BCUT2D eigenvalue weighted by atomic mass is 35.5. The minimum Gasteiger partial charge on any atom is -0.454 e. The summed E-state index contributed by atoms with van der Waals surface area (Å²) in [6.07, 6.45) is 1.94. The van der Waals surface area contributed by atoms with E-state index in [1.165, 1.54) is 4.90 Å². The van der Waals surface area contributed by atoms with Crippen molar-refractivity contribution in [1.82, 2.24) is 10.2 Å². The van der Waals surface area contributed by atoms with Crippen LogP contribution in [-0.2, 0) is 24.2 Å². The summed E-state index contributed by atoms with van der Waals surface area (Å²) in [5.74, 6) is -1.99. The predicted octanol–water partition coefficient (Wildman–Crippen LogP) is 2.45. The Morgan fingerprint density at radius 1 is 1.25 bits per heavy atom. The van der Waals surface area contributed by atoms with Gasteiger partial charge in [-0.15, -0.1) is 0 Å². The second kappa shape index (κ2) is 11.7. The van der Waals surface area contributed by atoms with Gasteiger partial charge in [0.2, 0.25) is 0 Å². The highest BCUT2D eigenvalue weighted by Gasteiger charge is 2.35. The number of halogens is 1. The molecule has 0 aromatic heterocycles. The van der Waals surface area contributed by atoms with E-state index in [4.69, 9.17) is 16.3 Å². The van der Waals surface area contributed by atoms with Crippen molar-refractivity contribution in [3.8, 4) is 0 Å². The molecular weight excluding hydrogens is 456 g/mol. The van der Waals surface area contributed by atoms with E-state index in [-0.39, 0.29) is 28.0 Å². The van der Waals surface area contributed by atoms with Crippen molar-refractivity contribution in [2.24, 2.45) is 5.92 Å². The molecule has 0 radical (unpaired) electrons. The third-order valence-corrected chi connectivity index (χ3v) is 7.47. The Morgan fingerprint density at radius 3 is 2.50 bits per heavy atom. The van der Waals surface area contributed by atoms with E-state index in [9.17, 15) is 22.8 Å². The molecule has 32 heavy (non-hydrogen) atoms. The highest BCUT2D eigenvalue weighted by molar-refractivity contribution is 7.91. The summed E-state index contributed by atoms with van der Waals surface area (Å²) in [6.45, 7) is 5.37. The number of esters is 1. The molecule has 178 valence electrons. The maximum atomic E-state index is 12.8. The molecule has 1 aliphatic rings. The van der Waals surface area contributed by atoms with Crippen LogP contribution in [0.1, 0.15) is 50.4 Å². The molecule has 1 saturated heterocycles. The summed E-state index contributed by atoms with van der Waals surface area (Å²) < 4.78 is 28.9. The fourth-order valence-electron chi connectivity index (χ4n) is 3.53. The van der Waals surface area contributed by atoms with Crippen molar-refractivity contribution in [3.05, 3.63) is 34.9 Å². The summed E-state index contributed by atoms with van der Waals surface area (Å²) in [6, 6.07) is 5.10. The van der Waals surface area contributed by atoms with Crippen LogP contribution in [0, 0.1) is 5.92 Å². The number of nitrogens with zero attached hydrogens (tertiary/aromatic N) is 1. The van der Waals surface area contributed by atoms with E-state index in [1.807, 2.05) is 6.92 Å². The number of carbonyl (C=O) groups is 3. The van der Waals surface area contributed by atoms with Crippen LogP contribution in [0.25, 0.3) is 0 Å². The van der Waals surface area contributed by atoms with Crippen LogP contribution >= 0.6 is 11.6 Å². The Kier molecular flexibility index (Phi) is 9.51. The first kappa shape index (κ1) is 26.1. The summed E-state index contributed by atoms with van der Waals surface area (Å²) in [5, 5.41) is 2.88. The van der Waals surface area contributed by atoms with Crippen LogP contribution in [0.15, 0.2) is 24.3 Å². The first-order chi connectivity index (χ1) is 15.1. The topological polar surface area (TPSA) is 110 Å². The van der Waals surface area contributed by atoms with Gasteiger partial charge in [0.15, 0.2) is 16.4 Å². The van der Waals surface area contributed by atoms with Gasteiger partial charge in [-0.3, -0.25) is 9.59 Å². The van der Waals surface area contributed by atoms with E-state index >= 15 is 0 Å². The molecule has 2 unspecified atom stereocenters. The van der Waals surface area contributed by atoms with Crippen molar-refractivity contribution in [3.63, 3.8) is 0 Å². The van der Waals surface area contributed by atoms with Crippen molar-refractivity contribution in [2.75, 3.05) is 24.7 Å². The Hall–Kier alpha value is -2.13. The van der Waals surface area contributed by atoms with Crippen LogP contribution in [0.3, 0.4) is 0 Å². The molecule has 0 spiro atoms. The molecule has 2 amide bonds. The van der Waals surface area contributed by atoms with E-state index in [0.29, 0.717) is 13.0 Å². The number of benzene rings is 1. The van der Waals surface area contributed by atoms with Gasteiger partial charge in [0, 0.05) is 12.6 Å². The SMILES string of the molecule is CCCCN(C(=O)COC(=O)C(NC(=O)c1ccccc1Cl)C(C)C)C1CCS(=O)(=O)C1. The van der Waals surface area contributed by atoms with Gasteiger partial charge >= 0.3 is 5.97 Å². The average molecular weight is 487 g/mol. The Balaban J connectivity index is 2.02. The first-order valence-corrected chi connectivity index (χ1v) is 13.0. The zero-order valence-electron chi connectivity index (χ0n) is 18.7. The van der Waals surface area contributed by atoms with Crippen LogP contribution in [-0.4, -0.2) is 67.8 Å². The van der Waals surface area contributed by atoms with Crippen molar-refractivity contribution < 1.29 is 27.5 Å². The van der Waals surface area contributed by atoms with E-state index in [0.717, 1.165) is 12.8 Å². The summed E-state index contributed by atoms with van der Waals surface area (Å²) >= 11 is 6.05. The number of sulfone groups is 1. The number of hydrogen-bond donors (Lipinski definition) is 1. The second-order valence-corrected chi connectivity index (χ2v) is 10.9. The van der Waals surface area contributed by atoms with Gasteiger partial charge in [-0.05, 0) is 30.9 Å². The second-order valence-electron chi connectivity index (χ2n) is 8.28. The molecule has 1 aromatic rings. The van der Waals surface area contributed by atoms with E-state index in [1.54, 1.807) is 38.1 Å². The first-order valence-electron chi connectivity index (χ1n) is 10.8. The Morgan fingerprint density at radius 2 is 1.94 bits per heavy atom. The molecule has 0 saturated carbocycles. The molecule has 2 atom stereocenters. The quantitative estimate of drug-likeness (QED) is 0.509. The number of carbonyl (C=O) groups excluding carboxylic acids is 3. The lowest BCUT2D eigenvalue weighted by atomic mass is 10.0. The number of ether oxygens (including phenoxy) is 1. The molecule has 1 fully saturated rings. The molecule has 0 aliphatic carbocycles. The van der Waals surface area contributed by atoms with E-state index < -0.39 is 46.3 Å². The molecule has 1 N–H and O–H groups in total. The largest absolute Gasteiger partial charge is 0.454 e. The van der Waals surface area contributed by atoms with Gasteiger partial charge in [0.1, 0.15) is 6.04 Å². The van der Waals surface area contributed by atoms with Crippen molar-refractivity contribution >= 4 is 39.2 Å². The molecule has 1 heterocycles. The number of amides is 2. The summed E-state index contributed by atoms with van der Waals surface area (Å²) in [5.41, 5.74) is 0.233. The molecule has 2 rings (SSSR count). The minimum absolute atomic E-state index is 0.0524. The number of rotatable bonds is 10. The zero-order valence-corrected chi connectivity index (χ0v) is 20.2. The number of nitrogens with one attached hydrogen (secondary N) is 1. The molecule has 8 nitrogen and oxygen atoms in total. The van der Waals surface area contributed by atoms with Crippen molar-refractivity contribution in [1.29, 1.82) is 0 Å².